The Bertz CT molecular complexity index is 2030. The van der Waals surface area contributed by atoms with Crippen LogP contribution in [-0.2, 0) is 30.4 Å². The van der Waals surface area contributed by atoms with Crippen LogP contribution in [0.15, 0.2) is 46.5 Å². The predicted octanol–water partition coefficient (Wildman–Crippen LogP) is 6.93. The second kappa shape index (κ2) is 15.1. The summed E-state index contributed by atoms with van der Waals surface area (Å²) in [6.07, 6.45) is -6.60. The summed E-state index contributed by atoms with van der Waals surface area (Å²) < 4.78 is 118. The van der Waals surface area contributed by atoms with Gasteiger partial charge < -0.3 is 14.6 Å². The van der Waals surface area contributed by atoms with E-state index in [1.807, 2.05) is 0 Å². The number of fused-ring (bicyclic) bond motifs is 1. The predicted molar refractivity (Wildman–Crippen MR) is 172 cm³/mol. The van der Waals surface area contributed by atoms with E-state index >= 15 is 8.78 Å². The topological polar surface area (TPSA) is 104 Å². The lowest BCUT2D eigenvalue weighted by molar-refractivity contribution is -0.139. The Morgan fingerprint density at radius 1 is 0.980 bits per heavy atom. The maximum atomic E-state index is 15.2. The van der Waals surface area contributed by atoms with Crippen LogP contribution >= 0.6 is 0 Å². The van der Waals surface area contributed by atoms with Gasteiger partial charge >= 0.3 is 12.4 Å². The third kappa shape index (κ3) is 9.12. The molecule has 0 aliphatic rings. The van der Waals surface area contributed by atoms with Crippen molar-refractivity contribution < 1.29 is 39.9 Å². The minimum absolute atomic E-state index is 0.0620. The van der Waals surface area contributed by atoms with Crippen LogP contribution in [0.3, 0.4) is 0 Å². The van der Waals surface area contributed by atoms with Crippen molar-refractivity contribution in [1.82, 2.24) is 24.3 Å². The van der Waals surface area contributed by atoms with Crippen LogP contribution in [0, 0.1) is 23.5 Å². The molecule has 4 rings (SSSR count). The van der Waals surface area contributed by atoms with Gasteiger partial charge in [0.05, 0.1) is 34.4 Å². The average Bonchev–Trinajstić information content (AvgIpc) is 3.01. The van der Waals surface area contributed by atoms with Gasteiger partial charge in [-0.1, -0.05) is 25.6 Å². The molecule has 18 heteroatoms. The highest BCUT2D eigenvalue weighted by atomic mass is 28.3. The van der Waals surface area contributed by atoms with Gasteiger partial charge in [0.15, 0.2) is 17.5 Å². The highest BCUT2D eigenvalue weighted by Gasteiger charge is 2.39. The molecule has 1 aromatic carbocycles. The van der Waals surface area contributed by atoms with E-state index < -0.39 is 89.5 Å². The fourth-order valence-corrected chi connectivity index (χ4v) is 5.59. The molecule has 0 saturated heterocycles. The minimum Gasteiger partial charge on any atom is -0.370 e. The van der Waals surface area contributed by atoms with Crippen molar-refractivity contribution in [3.05, 3.63) is 80.4 Å². The molecule has 1 atom stereocenters. The number of nitrogens with one attached hydrogen (secondary N) is 1. The maximum Gasteiger partial charge on any atom is 0.423 e. The lowest BCUT2D eigenvalue weighted by atomic mass is 10.1. The molecule has 4 aromatic rings. The van der Waals surface area contributed by atoms with E-state index in [9.17, 15) is 35.9 Å². The summed E-state index contributed by atoms with van der Waals surface area (Å²) in [5.74, 6) is 1.71. The molecule has 0 radical (unpaired) electrons. The summed E-state index contributed by atoms with van der Waals surface area (Å²) in [6.45, 7) is 7.48. The largest absolute Gasteiger partial charge is 0.423 e. The quantitative estimate of drug-likeness (QED) is 0.0731. The summed E-state index contributed by atoms with van der Waals surface area (Å²) in [5.41, 5.74) is -6.14. The lowest BCUT2D eigenvalue weighted by Crippen LogP contribution is -2.34. The number of nitrogens with zero attached hydrogens (tertiary/aromatic N) is 5. The number of ether oxygens (including phenoxy) is 1. The smallest absolute Gasteiger partial charge is 0.370 e. The van der Waals surface area contributed by atoms with Crippen molar-refractivity contribution >= 4 is 24.5 Å². The number of hydrogen-bond donors (Lipinski definition) is 1. The molecule has 50 heavy (non-hydrogen) atoms. The number of alkyl halides is 6. The number of pyridine rings is 1. The van der Waals surface area contributed by atoms with Crippen molar-refractivity contribution in [2.24, 2.45) is 0 Å². The van der Waals surface area contributed by atoms with Gasteiger partial charge in [-0.2, -0.15) is 31.4 Å². The van der Waals surface area contributed by atoms with E-state index in [0.29, 0.717) is 17.1 Å². The third-order valence-corrected chi connectivity index (χ3v) is 9.15. The van der Waals surface area contributed by atoms with Crippen LogP contribution in [0.1, 0.15) is 30.9 Å². The average molecular weight is 729 g/mol. The summed E-state index contributed by atoms with van der Waals surface area (Å²) >= 11 is 0. The van der Waals surface area contributed by atoms with Crippen molar-refractivity contribution in [2.45, 2.75) is 77.1 Å². The molecular weight excluding hydrogens is 696 g/mol. The van der Waals surface area contributed by atoms with E-state index in [1.54, 1.807) is 0 Å². The highest BCUT2D eigenvalue weighted by Crippen LogP contribution is 2.33. The first kappa shape index (κ1) is 38.2. The zero-order valence-corrected chi connectivity index (χ0v) is 28.3. The summed E-state index contributed by atoms with van der Waals surface area (Å²) in [6, 6.07) is 2.14. The van der Waals surface area contributed by atoms with Gasteiger partial charge in [0.2, 0.25) is 0 Å². The highest BCUT2D eigenvalue weighted by molar-refractivity contribution is 6.76. The van der Waals surface area contributed by atoms with E-state index in [2.05, 4.69) is 51.9 Å². The van der Waals surface area contributed by atoms with E-state index in [-0.39, 0.29) is 31.4 Å². The molecule has 0 aliphatic carbocycles. The van der Waals surface area contributed by atoms with Crippen molar-refractivity contribution in [3.8, 4) is 23.2 Å². The van der Waals surface area contributed by atoms with Gasteiger partial charge in [-0.3, -0.25) is 9.59 Å². The van der Waals surface area contributed by atoms with E-state index in [4.69, 9.17) is 4.74 Å². The van der Waals surface area contributed by atoms with Crippen molar-refractivity contribution in [2.75, 3.05) is 11.9 Å². The van der Waals surface area contributed by atoms with Crippen LogP contribution in [0.2, 0.25) is 25.7 Å². The molecule has 0 amide bonds. The summed E-state index contributed by atoms with van der Waals surface area (Å²) in [5, 5.41) is 5.76. The maximum absolute atomic E-state index is 15.2. The van der Waals surface area contributed by atoms with Gasteiger partial charge in [0.25, 0.3) is 11.1 Å². The van der Waals surface area contributed by atoms with Gasteiger partial charge in [0.1, 0.15) is 12.3 Å². The Hall–Kier alpha value is -4.63. The molecule has 0 fully saturated rings. The number of rotatable bonds is 12. The molecule has 268 valence electrons. The SMILES string of the molecule is CC#CC(CCCn1ccc2cc(-c3ncc(C(F)(F)F)cn3)c(F)c(F)c2c1=O)Nc1cnn(COCC[Si](C)(C)C)c(=O)c1C(F)(F)F. The number of anilines is 1. The van der Waals surface area contributed by atoms with Gasteiger partial charge in [0, 0.05) is 39.8 Å². The standard InChI is InChI=1S/C32H32F8N6O3Si/c1-5-7-21(44-23-17-43-46(18-49-12-13-50(2,3)4)30(48)25(23)32(38,39)40)8-6-10-45-11-9-19-14-22(26(33)27(34)24(19)29(45)47)28-41-15-20(16-42-28)31(35,36)37/h9,11,14-17,21,44H,6,8,10,12-13,18H2,1-4H3. The number of benzene rings is 1. The molecule has 0 bridgehead atoms. The van der Waals surface area contributed by atoms with Crippen LogP contribution in [0.25, 0.3) is 22.2 Å². The van der Waals surface area contributed by atoms with Crippen molar-refractivity contribution in [1.29, 1.82) is 0 Å². The van der Waals surface area contributed by atoms with Crippen LogP contribution in [-0.4, -0.2) is 45.0 Å². The summed E-state index contributed by atoms with van der Waals surface area (Å²) in [7, 11) is -1.48. The molecular formula is C32H32F8N6O3Si. The Kier molecular flexibility index (Phi) is 11.5. The normalized spacial score (nSPS) is 12.9. The first-order valence-corrected chi connectivity index (χ1v) is 18.9. The molecule has 9 nitrogen and oxygen atoms in total. The van der Waals surface area contributed by atoms with Crippen LogP contribution < -0.4 is 16.4 Å². The molecule has 1 N–H and O–H groups in total. The van der Waals surface area contributed by atoms with Crippen molar-refractivity contribution in [3.63, 3.8) is 0 Å². The Morgan fingerprint density at radius 2 is 1.66 bits per heavy atom. The fourth-order valence-electron chi connectivity index (χ4n) is 4.83. The van der Waals surface area contributed by atoms with Crippen LogP contribution in [0.4, 0.5) is 40.8 Å². The van der Waals surface area contributed by atoms with Crippen LogP contribution in [0.5, 0.6) is 0 Å². The van der Waals surface area contributed by atoms with Gasteiger partial charge in [-0.05, 0) is 43.3 Å². The van der Waals surface area contributed by atoms with Gasteiger partial charge in [-0.25, -0.2) is 23.4 Å². The Balaban J connectivity index is 1.51. The molecule has 3 heterocycles. The Morgan fingerprint density at radius 3 is 2.26 bits per heavy atom. The second-order valence-electron chi connectivity index (χ2n) is 12.4. The number of aromatic nitrogens is 5. The number of hydrogen-bond acceptors (Lipinski definition) is 7. The van der Waals surface area contributed by atoms with E-state index in [0.717, 1.165) is 22.9 Å². The zero-order valence-electron chi connectivity index (χ0n) is 27.3. The summed E-state index contributed by atoms with van der Waals surface area (Å²) in [4.78, 5) is 32.9. The molecule has 0 saturated carbocycles. The number of halogens is 8. The van der Waals surface area contributed by atoms with E-state index in [1.165, 1.54) is 19.2 Å². The second-order valence-corrected chi connectivity index (χ2v) is 18.1. The first-order chi connectivity index (χ1) is 23.3. The fraction of sp³-hybridized carbons (Fsp3) is 0.406. The molecule has 0 aliphatic heterocycles. The molecule has 0 spiro atoms. The third-order valence-electron chi connectivity index (χ3n) is 7.44. The minimum atomic E-state index is -5.04. The zero-order chi connectivity index (χ0) is 37.0. The lowest BCUT2D eigenvalue weighted by Gasteiger charge is -2.20. The monoisotopic (exact) mass is 728 g/mol. The first-order valence-electron chi connectivity index (χ1n) is 15.2. The Labute approximate surface area is 281 Å². The number of aryl methyl sites for hydroxylation is 1. The molecule has 3 aromatic heterocycles. The van der Waals surface area contributed by atoms with Gasteiger partial charge in [-0.15, -0.1) is 5.92 Å². The molecule has 1 unspecified atom stereocenters.